The Morgan fingerprint density at radius 2 is 1.89 bits per heavy atom. The van der Waals surface area contributed by atoms with Crippen molar-refractivity contribution in [3.8, 4) is 0 Å². The average molecular weight is 516 g/mol. The molecule has 9 heteroatoms. The molecule has 0 aromatic heterocycles. The number of amidine groups is 1. The Morgan fingerprint density at radius 3 is 2.56 bits per heavy atom. The van der Waals surface area contributed by atoms with Gasteiger partial charge in [-0.05, 0) is 65.6 Å². The number of thioether (sulfide) groups is 1. The van der Waals surface area contributed by atoms with Crippen molar-refractivity contribution in [3.63, 3.8) is 0 Å². The molecule has 2 aromatic rings. The van der Waals surface area contributed by atoms with Crippen molar-refractivity contribution in [2.24, 2.45) is 4.40 Å². The maximum absolute atomic E-state index is 14.2. The van der Waals surface area contributed by atoms with Gasteiger partial charge in [0, 0.05) is 15.7 Å². The van der Waals surface area contributed by atoms with Gasteiger partial charge in [-0.2, -0.15) is 8.42 Å². The van der Waals surface area contributed by atoms with Crippen molar-refractivity contribution < 1.29 is 17.6 Å². The highest BCUT2D eigenvalue weighted by Crippen LogP contribution is 2.34. The van der Waals surface area contributed by atoms with Crippen molar-refractivity contribution in [2.75, 3.05) is 6.54 Å². The van der Waals surface area contributed by atoms with Crippen LogP contribution in [0, 0.1) is 9.39 Å². The molecule has 0 N–H and O–H groups in total. The van der Waals surface area contributed by atoms with Crippen molar-refractivity contribution in [3.05, 3.63) is 68.4 Å². The van der Waals surface area contributed by atoms with Gasteiger partial charge in [0.05, 0.1) is 9.80 Å². The van der Waals surface area contributed by atoms with E-state index in [-0.39, 0.29) is 27.1 Å². The predicted molar refractivity (Wildman–Crippen MR) is 113 cm³/mol. The third-order valence-corrected chi connectivity index (χ3v) is 6.95. The Hall–Kier alpha value is -1.72. The first-order valence-corrected chi connectivity index (χ1v) is 11.2. The van der Waals surface area contributed by atoms with Crippen molar-refractivity contribution in [2.45, 2.75) is 11.8 Å². The fourth-order valence-corrected chi connectivity index (χ4v) is 5.15. The predicted octanol–water partition coefficient (Wildman–Crippen LogP) is 4.11. The van der Waals surface area contributed by atoms with E-state index in [0.717, 1.165) is 11.8 Å². The second-order valence-electron chi connectivity index (χ2n) is 5.47. The zero-order valence-corrected chi connectivity index (χ0v) is 17.9. The van der Waals surface area contributed by atoms with E-state index in [4.69, 9.17) is 0 Å². The molecule has 0 aliphatic carbocycles. The SMILES string of the molecule is CCN1C(=O)/C(=C/c2cccc(I)c2F)SC1=NS(=O)(=O)c1ccccc1. The van der Waals surface area contributed by atoms with Crippen LogP contribution in [-0.4, -0.2) is 30.9 Å². The average Bonchev–Trinajstić information content (AvgIpc) is 2.93. The quantitative estimate of drug-likeness (QED) is 0.453. The first kappa shape index (κ1) is 20.0. The number of hydrogen-bond acceptors (Lipinski definition) is 4. The number of halogens is 2. The van der Waals surface area contributed by atoms with Crippen LogP contribution < -0.4 is 0 Å². The summed E-state index contributed by atoms with van der Waals surface area (Å²) in [5, 5.41) is 0.0589. The molecule has 0 radical (unpaired) electrons. The summed E-state index contributed by atoms with van der Waals surface area (Å²) in [6.07, 6.45) is 1.42. The largest absolute Gasteiger partial charge is 0.286 e. The highest BCUT2D eigenvalue weighted by Gasteiger charge is 2.34. The fourth-order valence-electron chi connectivity index (χ4n) is 2.38. The second kappa shape index (κ2) is 8.11. The molecule has 1 heterocycles. The van der Waals surface area contributed by atoms with Crippen LogP contribution in [0.4, 0.5) is 4.39 Å². The van der Waals surface area contributed by atoms with E-state index < -0.39 is 21.7 Å². The molecule has 1 aliphatic rings. The number of carbonyl (C=O) groups excluding carboxylic acids is 1. The number of sulfonamides is 1. The lowest BCUT2D eigenvalue weighted by atomic mass is 10.2. The normalized spacial score (nSPS) is 17.9. The van der Waals surface area contributed by atoms with E-state index >= 15 is 0 Å². The minimum absolute atomic E-state index is 0.0442. The first-order valence-electron chi connectivity index (χ1n) is 7.89. The molecule has 0 unspecified atom stereocenters. The maximum Gasteiger partial charge on any atom is 0.284 e. The zero-order chi connectivity index (χ0) is 19.6. The fraction of sp³-hybridized carbons (Fsp3) is 0.111. The third kappa shape index (κ3) is 4.25. The lowest BCUT2D eigenvalue weighted by Gasteiger charge is -2.11. The minimum atomic E-state index is -3.95. The Balaban J connectivity index is 2.00. The molecule has 1 saturated heterocycles. The molecule has 0 bridgehead atoms. The molecular weight excluding hydrogens is 502 g/mol. The molecule has 27 heavy (non-hydrogen) atoms. The summed E-state index contributed by atoms with van der Waals surface area (Å²) >= 11 is 2.79. The van der Waals surface area contributed by atoms with Gasteiger partial charge in [0.15, 0.2) is 5.17 Å². The molecule has 1 fully saturated rings. The van der Waals surface area contributed by atoms with Gasteiger partial charge >= 0.3 is 0 Å². The third-order valence-electron chi connectivity index (χ3n) is 3.71. The highest BCUT2D eigenvalue weighted by molar-refractivity contribution is 14.1. The number of hydrogen-bond donors (Lipinski definition) is 0. The lowest BCUT2D eigenvalue weighted by molar-refractivity contribution is -0.122. The van der Waals surface area contributed by atoms with Crippen LogP contribution in [0.1, 0.15) is 12.5 Å². The summed E-state index contributed by atoms with van der Waals surface area (Å²) in [5.74, 6) is -0.827. The van der Waals surface area contributed by atoms with E-state index in [1.165, 1.54) is 23.1 Å². The van der Waals surface area contributed by atoms with Crippen molar-refractivity contribution in [1.29, 1.82) is 0 Å². The Kier molecular flexibility index (Phi) is 6.02. The topological polar surface area (TPSA) is 66.8 Å². The molecule has 1 aliphatic heterocycles. The highest BCUT2D eigenvalue weighted by atomic mass is 127. The summed E-state index contributed by atoms with van der Waals surface area (Å²) in [7, 11) is -3.95. The van der Waals surface area contributed by atoms with Gasteiger partial charge in [-0.3, -0.25) is 9.69 Å². The van der Waals surface area contributed by atoms with Gasteiger partial charge in [0.25, 0.3) is 15.9 Å². The number of carbonyl (C=O) groups is 1. The summed E-state index contributed by atoms with van der Waals surface area (Å²) in [6, 6.07) is 12.7. The Labute approximate surface area is 174 Å². The number of rotatable bonds is 4. The van der Waals surface area contributed by atoms with E-state index in [2.05, 4.69) is 4.40 Å². The van der Waals surface area contributed by atoms with Crippen LogP contribution in [0.3, 0.4) is 0 Å². The van der Waals surface area contributed by atoms with Crippen LogP contribution in [0.15, 0.2) is 62.7 Å². The van der Waals surface area contributed by atoms with Crippen molar-refractivity contribution >= 4 is 61.5 Å². The molecule has 5 nitrogen and oxygen atoms in total. The maximum atomic E-state index is 14.2. The molecule has 3 rings (SSSR count). The number of nitrogens with zero attached hydrogens (tertiary/aromatic N) is 2. The van der Waals surface area contributed by atoms with Crippen LogP contribution in [0.2, 0.25) is 0 Å². The van der Waals surface area contributed by atoms with Crippen LogP contribution in [0.5, 0.6) is 0 Å². The van der Waals surface area contributed by atoms with E-state index in [1.54, 1.807) is 43.3 Å². The molecule has 2 aromatic carbocycles. The van der Waals surface area contributed by atoms with Gasteiger partial charge in [-0.25, -0.2) is 4.39 Å². The number of benzene rings is 2. The van der Waals surface area contributed by atoms with Crippen LogP contribution in [-0.2, 0) is 14.8 Å². The van der Waals surface area contributed by atoms with Crippen LogP contribution >= 0.6 is 34.4 Å². The van der Waals surface area contributed by atoms with Gasteiger partial charge in [-0.15, -0.1) is 4.40 Å². The second-order valence-corrected chi connectivity index (χ2v) is 9.24. The Morgan fingerprint density at radius 1 is 1.19 bits per heavy atom. The number of amides is 1. The smallest absolute Gasteiger partial charge is 0.284 e. The van der Waals surface area contributed by atoms with Crippen molar-refractivity contribution in [1.82, 2.24) is 4.90 Å². The van der Waals surface area contributed by atoms with Gasteiger partial charge in [0.2, 0.25) is 0 Å². The molecule has 0 atom stereocenters. The standard InChI is InChI=1S/C18H14FIN2O3S2/c1-2-22-17(23)15(11-12-7-6-10-14(20)16(12)19)26-18(22)21-27(24,25)13-8-4-3-5-9-13/h3-11H,2H2,1H3/b15-11-,21-18?. The van der Waals surface area contributed by atoms with Gasteiger partial charge in [-0.1, -0.05) is 30.3 Å². The molecule has 0 saturated carbocycles. The van der Waals surface area contributed by atoms with E-state index in [1.807, 2.05) is 22.6 Å². The molecular formula is C18H14FIN2O3S2. The zero-order valence-electron chi connectivity index (χ0n) is 14.1. The lowest BCUT2D eigenvalue weighted by Crippen LogP contribution is -2.29. The molecule has 0 spiro atoms. The minimum Gasteiger partial charge on any atom is -0.286 e. The monoisotopic (exact) mass is 516 g/mol. The van der Waals surface area contributed by atoms with E-state index in [9.17, 15) is 17.6 Å². The summed E-state index contributed by atoms with van der Waals surface area (Å²) < 4.78 is 43.5. The summed E-state index contributed by atoms with van der Waals surface area (Å²) in [4.78, 5) is 14.1. The summed E-state index contributed by atoms with van der Waals surface area (Å²) in [5.41, 5.74) is 0.265. The Bertz CT molecular complexity index is 1050. The van der Waals surface area contributed by atoms with Gasteiger partial charge in [0.1, 0.15) is 5.82 Å². The molecule has 1 amide bonds. The number of likely N-dealkylation sites (N-methyl/N-ethyl adjacent to an activating group) is 1. The van der Waals surface area contributed by atoms with E-state index in [0.29, 0.717) is 3.57 Å². The van der Waals surface area contributed by atoms with Crippen LogP contribution in [0.25, 0.3) is 6.08 Å². The first-order chi connectivity index (χ1) is 12.8. The van der Waals surface area contributed by atoms with Gasteiger partial charge < -0.3 is 0 Å². The summed E-state index contributed by atoms with van der Waals surface area (Å²) in [6.45, 7) is 1.97. The molecule has 140 valence electrons.